The first kappa shape index (κ1) is 22.0. The van der Waals surface area contributed by atoms with Crippen LogP contribution < -0.4 is 5.32 Å². The minimum Gasteiger partial charge on any atom is -0.447 e. The van der Waals surface area contributed by atoms with Crippen molar-refractivity contribution in [3.05, 3.63) is 48.6 Å². The minimum atomic E-state index is -0.705. The van der Waals surface area contributed by atoms with Gasteiger partial charge in [-0.25, -0.2) is 9.69 Å². The third-order valence-corrected chi connectivity index (χ3v) is 6.01. The van der Waals surface area contributed by atoms with E-state index in [4.69, 9.17) is 4.74 Å². The Hall–Kier alpha value is -2.67. The molecule has 2 aliphatic rings. The Balaban J connectivity index is 1.69. The van der Waals surface area contributed by atoms with Crippen LogP contribution in [0, 0.1) is 5.92 Å². The van der Waals surface area contributed by atoms with Crippen LogP contribution in [0.25, 0.3) is 0 Å². The number of hydrogen-bond donors (Lipinski definition) is 2. The second kappa shape index (κ2) is 9.89. The van der Waals surface area contributed by atoms with E-state index in [0.29, 0.717) is 6.42 Å². The van der Waals surface area contributed by atoms with Gasteiger partial charge in [-0.2, -0.15) is 0 Å². The first-order valence-electron chi connectivity index (χ1n) is 10.5. The summed E-state index contributed by atoms with van der Waals surface area (Å²) >= 11 is 0. The lowest BCUT2D eigenvalue weighted by Crippen LogP contribution is -2.50. The number of carbonyl (C=O) groups is 3. The number of amides is 3. The molecule has 2 fully saturated rings. The molecule has 0 radical (unpaired) electrons. The highest BCUT2D eigenvalue weighted by Crippen LogP contribution is 2.30. The molecule has 1 saturated heterocycles. The van der Waals surface area contributed by atoms with Crippen molar-refractivity contribution in [2.75, 3.05) is 13.2 Å². The van der Waals surface area contributed by atoms with Crippen LogP contribution in [-0.4, -0.2) is 52.7 Å². The number of allylic oxidation sites excluding steroid dienone is 1. The number of cyclic esters (lactones) is 1. The summed E-state index contributed by atoms with van der Waals surface area (Å²) in [5.41, 5.74) is 0.407. The quantitative estimate of drug-likeness (QED) is 0.606. The molecule has 2 atom stereocenters. The van der Waals surface area contributed by atoms with Gasteiger partial charge in [0.1, 0.15) is 6.61 Å². The monoisotopic (exact) mass is 414 g/mol. The van der Waals surface area contributed by atoms with Gasteiger partial charge < -0.3 is 15.2 Å². The van der Waals surface area contributed by atoms with Gasteiger partial charge in [0.15, 0.2) is 0 Å². The van der Waals surface area contributed by atoms with Gasteiger partial charge in [-0.15, -0.1) is 6.58 Å². The second-order valence-corrected chi connectivity index (χ2v) is 8.25. The van der Waals surface area contributed by atoms with Crippen molar-refractivity contribution in [1.82, 2.24) is 10.2 Å². The number of imide groups is 1. The van der Waals surface area contributed by atoms with Crippen LogP contribution in [0.1, 0.15) is 44.1 Å². The molecular weight excluding hydrogens is 384 g/mol. The number of aliphatic hydroxyl groups excluding tert-OH is 1. The van der Waals surface area contributed by atoms with Gasteiger partial charge in [0.2, 0.25) is 11.8 Å². The molecular formula is C23H30N2O5. The Morgan fingerprint density at radius 1 is 1.30 bits per heavy atom. The lowest BCUT2D eigenvalue weighted by Gasteiger charge is -2.29. The van der Waals surface area contributed by atoms with Crippen LogP contribution in [-0.2, 0) is 20.7 Å². The van der Waals surface area contributed by atoms with Crippen LogP contribution in [0.3, 0.4) is 0 Å². The van der Waals surface area contributed by atoms with Gasteiger partial charge in [0.25, 0.3) is 0 Å². The average Bonchev–Trinajstić information content (AvgIpc) is 3.35. The average molecular weight is 415 g/mol. The summed E-state index contributed by atoms with van der Waals surface area (Å²) in [6.07, 6.45) is 5.00. The largest absolute Gasteiger partial charge is 0.447 e. The van der Waals surface area contributed by atoms with Crippen molar-refractivity contribution >= 4 is 17.9 Å². The minimum absolute atomic E-state index is 0.0611. The fourth-order valence-electron chi connectivity index (χ4n) is 4.38. The van der Waals surface area contributed by atoms with Crippen molar-refractivity contribution in [1.29, 1.82) is 0 Å². The van der Waals surface area contributed by atoms with E-state index in [1.807, 2.05) is 30.3 Å². The molecule has 1 aromatic carbocycles. The molecule has 0 bridgehead atoms. The molecule has 2 N–H and O–H groups in total. The van der Waals surface area contributed by atoms with Gasteiger partial charge >= 0.3 is 6.09 Å². The van der Waals surface area contributed by atoms with E-state index in [9.17, 15) is 19.5 Å². The third-order valence-electron chi connectivity index (χ3n) is 6.01. The Morgan fingerprint density at radius 3 is 2.63 bits per heavy atom. The van der Waals surface area contributed by atoms with Crippen molar-refractivity contribution < 1.29 is 24.2 Å². The van der Waals surface area contributed by atoms with Gasteiger partial charge in [0.05, 0.1) is 24.1 Å². The second-order valence-electron chi connectivity index (χ2n) is 8.25. The highest BCUT2D eigenvalue weighted by molar-refractivity contribution is 5.96. The van der Waals surface area contributed by atoms with Crippen molar-refractivity contribution in [2.24, 2.45) is 5.92 Å². The summed E-state index contributed by atoms with van der Waals surface area (Å²) < 4.78 is 5.15. The Morgan fingerprint density at radius 2 is 2.00 bits per heavy atom. The molecule has 30 heavy (non-hydrogen) atoms. The summed E-state index contributed by atoms with van der Waals surface area (Å²) in [6.45, 7) is 3.72. The van der Waals surface area contributed by atoms with Crippen LogP contribution in [0.2, 0.25) is 0 Å². The smallest absolute Gasteiger partial charge is 0.416 e. The van der Waals surface area contributed by atoms with Gasteiger partial charge in [-0.05, 0) is 31.2 Å². The molecule has 1 aliphatic heterocycles. The molecule has 7 nitrogen and oxygen atoms in total. The number of nitrogens with zero attached hydrogens (tertiary/aromatic N) is 1. The normalized spacial score (nSPS) is 21.2. The number of ether oxygens (including phenoxy) is 1. The Kier molecular flexibility index (Phi) is 7.26. The topological polar surface area (TPSA) is 95.9 Å². The van der Waals surface area contributed by atoms with Crippen LogP contribution in [0.15, 0.2) is 43.0 Å². The van der Waals surface area contributed by atoms with Crippen LogP contribution in [0.5, 0.6) is 0 Å². The molecule has 1 saturated carbocycles. The molecule has 7 heteroatoms. The molecule has 0 spiro atoms. The molecule has 0 unspecified atom stereocenters. The molecule has 1 aromatic rings. The molecule has 3 rings (SSSR count). The number of hydrogen-bond acceptors (Lipinski definition) is 5. The maximum atomic E-state index is 13.2. The molecule has 1 heterocycles. The van der Waals surface area contributed by atoms with E-state index in [1.165, 1.54) is 0 Å². The SMILES string of the molecule is C=CC[C@H](CC(=O)NC1(CO)CCCC1)C(=O)N1C(=O)OC[C@@H]1Cc1ccccc1. The lowest BCUT2D eigenvalue weighted by atomic mass is 9.95. The predicted octanol–water partition coefficient (Wildman–Crippen LogP) is 2.58. The first-order valence-corrected chi connectivity index (χ1v) is 10.5. The summed E-state index contributed by atoms with van der Waals surface area (Å²) in [6, 6.07) is 9.20. The van der Waals surface area contributed by atoms with E-state index in [1.54, 1.807) is 6.08 Å². The zero-order valence-electron chi connectivity index (χ0n) is 17.2. The number of carbonyl (C=O) groups excluding carboxylic acids is 3. The van der Waals surface area contributed by atoms with Crippen molar-refractivity contribution in [3.8, 4) is 0 Å². The zero-order valence-corrected chi connectivity index (χ0v) is 17.2. The van der Waals surface area contributed by atoms with E-state index >= 15 is 0 Å². The van der Waals surface area contributed by atoms with Crippen molar-refractivity contribution in [3.63, 3.8) is 0 Å². The maximum Gasteiger partial charge on any atom is 0.416 e. The number of rotatable bonds is 9. The van der Waals surface area contributed by atoms with Gasteiger partial charge in [0, 0.05) is 6.42 Å². The zero-order chi connectivity index (χ0) is 21.6. The molecule has 1 aliphatic carbocycles. The standard InChI is InChI=1S/C23H30N2O5/c1-2-8-18(14-20(27)24-23(16-26)11-6-7-12-23)21(28)25-19(15-30-22(25)29)13-17-9-4-3-5-10-17/h2-5,9-10,18-19,26H,1,6-8,11-16H2,(H,24,27)/t18-,19+/m1/s1. The summed E-state index contributed by atoms with van der Waals surface area (Å²) in [7, 11) is 0. The Bertz CT molecular complexity index is 773. The van der Waals surface area contributed by atoms with Crippen molar-refractivity contribution in [2.45, 2.75) is 56.5 Å². The summed E-state index contributed by atoms with van der Waals surface area (Å²) in [4.78, 5) is 39.4. The van der Waals surface area contributed by atoms with Gasteiger partial charge in [-0.1, -0.05) is 49.2 Å². The predicted molar refractivity (Wildman–Crippen MR) is 111 cm³/mol. The Labute approximate surface area is 177 Å². The summed E-state index contributed by atoms with van der Waals surface area (Å²) in [5.74, 6) is -1.42. The van der Waals surface area contributed by atoms with E-state index < -0.39 is 29.5 Å². The van der Waals surface area contributed by atoms with E-state index in [2.05, 4.69) is 11.9 Å². The molecule has 3 amide bonds. The molecule has 0 aromatic heterocycles. The van der Waals surface area contributed by atoms with Gasteiger partial charge in [-0.3, -0.25) is 9.59 Å². The lowest BCUT2D eigenvalue weighted by molar-refractivity contribution is -0.137. The van der Waals surface area contributed by atoms with E-state index in [-0.39, 0.29) is 32.0 Å². The number of nitrogens with one attached hydrogen (secondary N) is 1. The fraction of sp³-hybridized carbons (Fsp3) is 0.522. The fourth-order valence-corrected chi connectivity index (χ4v) is 4.38. The number of aliphatic hydroxyl groups is 1. The highest BCUT2D eigenvalue weighted by atomic mass is 16.6. The maximum absolute atomic E-state index is 13.2. The first-order chi connectivity index (χ1) is 14.5. The number of benzene rings is 1. The van der Waals surface area contributed by atoms with Crippen LogP contribution >= 0.6 is 0 Å². The van der Waals surface area contributed by atoms with Crippen LogP contribution in [0.4, 0.5) is 4.79 Å². The summed E-state index contributed by atoms with van der Waals surface area (Å²) in [5, 5.41) is 12.7. The highest BCUT2D eigenvalue weighted by Gasteiger charge is 2.42. The molecule has 162 valence electrons. The van der Waals surface area contributed by atoms with E-state index in [0.717, 1.165) is 36.1 Å². The third kappa shape index (κ3) is 5.08.